The van der Waals surface area contributed by atoms with Crippen LogP contribution in [-0.4, -0.2) is 67.9 Å². The van der Waals surface area contributed by atoms with E-state index in [0.717, 1.165) is 6.07 Å². The first-order valence-corrected chi connectivity index (χ1v) is 11.2. The van der Waals surface area contributed by atoms with E-state index in [-0.39, 0.29) is 28.8 Å². The molecule has 178 valence electrons. The zero-order valence-corrected chi connectivity index (χ0v) is 19.8. The molecule has 1 N–H and O–H groups in total. The normalized spacial score (nSPS) is 19.8. The van der Waals surface area contributed by atoms with Crippen molar-refractivity contribution in [2.75, 3.05) is 44.3 Å². The van der Waals surface area contributed by atoms with E-state index in [9.17, 15) is 22.8 Å². The molecule has 0 unspecified atom stereocenters. The maximum atomic E-state index is 14.0. The van der Waals surface area contributed by atoms with Gasteiger partial charge in [0.2, 0.25) is 0 Å². The lowest BCUT2D eigenvalue weighted by atomic mass is 10.0. The van der Waals surface area contributed by atoms with Gasteiger partial charge in [-0.2, -0.15) is 13.2 Å². The number of halogens is 4. The van der Waals surface area contributed by atoms with Gasteiger partial charge in [0.05, 0.1) is 36.1 Å². The van der Waals surface area contributed by atoms with Crippen LogP contribution >= 0.6 is 15.9 Å². The molecule has 1 aromatic rings. The Morgan fingerprint density at radius 3 is 2.41 bits per heavy atom. The summed E-state index contributed by atoms with van der Waals surface area (Å²) in [6.07, 6.45) is -4.85. The molecule has 0 saturated carbocycles. The van der Waals surface area contributed by atoms with Gasteiger partial charge >= 0.3 is 12.3 Å². The second-order valence-electron chi connectivity index (χ2n) is 8.83. The molecule has 2 aliphatic heterocycles. The van der Waals surface area contributed by atoms with Crippen LogP contribution in [0.4, 0.5) is 23.7 Å². The zero-order chi connectivity index (χ0) is 23.7. The van der Waals surface area contributed by atoms with E-state index in [1.165, 1.54) is 15.9 Å². The topological polar surface area (TPSA) is 71.1 Å². The Morgan fingerprint density at radius 2 is 1.81 bits per heavy atom. The number of hydrogen-bond donors (Lipinski definition) is 1. The minimum Gasteiger partial charge on any atom is -0.444 e. The van der Waals surface area contributed by atoms with Gasteiger partial charge in [-0.3, -0.25) is 4.79 Å². The number of amides is 2. The number of nitrogens with one attached hydrogen (secondary N) is 1. The summed E-state index contributed by atoms with van der Waals surface area (Å²) in [6.45, 7) is 6.89. The summed E-state index contributed by atoms with van der Waals surface area (Å²) in [5.74, 6) is -0.473. The Kier molecular flexibility index (Phi) is 7.28. The van der Waals surface area contributed by atoms with Gasteiger partial charge < -0.3 is 24.6 Å². The summed E-state index contributed by atoms with van der Waals surface area (Å²) in [5, 5.41) is 2.71. The lowest BCUT2D eigenvalue weighted by Gasteiger charge is -2.31. The van der Waals surface area contributed by atoms with Gasteiger partial charge in [0.15, 0.2) is 0 Å². The van der Waals surface area contributed by atoms with E-state index >= 15 is 0 Å². The van der Waals surface area contributed by atoms with Crippen molar-refractivity contribution in [3.8, 4) is 0 Å². The number of hydrogen-bond acceptors (Lipinski definition) is 5. The highest BCUT2D eigenvalue weighted by Crippen LogP contribution is 2.42. The van der Waals surface area contributed by atoms with Gasteiger partial charge in [0, 0.05) is 30.7 Å². The second-order valence-corrected chi connectivity index (χ2v) is 9.75. The fourth-order valence-electron chi connectivity index (χ4n) is 3.81. The molecular formula is C21H27BrF3N3O4. The lowest BCUT2D eigenvalue weighted by Crippen LogP contribution is -2.42. The minimum absolute atomic E-state index is 0.0217. The average molecular weight is 522 g/mol. The maximum absolute atomic E-state index is 14.0. The van der Waals surface area contributed by atoms with Gasteiger partial charge in [0.25, 0.3) is 5.91 Å². The summed E-state index contributed by atoms with van der Waals surface area (Å²) in [7, 11) is 0. The van der Waals surface area contributed by atoms with Gasteiger partial charge in [-0.25, -0.2) is 4.79 Å². The van der Waals surface area contributed by atoms with Crippen LogP contribution in [0.25, 0.3) is 0 Å². The van der Waals surface area contributed by atoms with Crippen LogP contribution in [-0.2, 0) is 15.7 Å². The molecule has 7 nitrogen and oxygen atoms in total. The monoisotopic (exact) mass is 521 g/mol. The van der Waals surface area contributed by atoms with Crippen molar-refractivity contribution in [3.05, 3.63) is 27.7 Å². The maximum Gasteiger partial charge on any atom is 0.418 e. The molecule has 1 aromatic carbocycles. The number of rotatable bonds is 3. The molecule has 32 heavy (non-hydrogen) atoms. The Bertz CT molecular complexity index is 867. The van der Waals surface area contributed by atoms with Gasteiger partial charge in [-0.1, -0.05) is 15.9 Å². The van der Waals surface area contributed by atoms with E-state index in [1.807, 2.05) is 0 Å². The van der Waals surface area contributed by atoms with Gasteiger partial charge in [-0.15, -0.1) is 0 Å². The first kappa shape index (κ1) is 24.6. The van der Waals surface area contributed by atoms with Crippen molar-refractivity contribution in [2.45, 2.75) is 45.0 Å². The predicted octanol–water partition coefficient (Wildman–Crippen LogP) is 4.04. The average Bonchev–Trinajstić information content (AvgIpc) is 3.13. The molecule has 2 fully saturated rings. The highest BCUT2D eigenvalue weighted by atomic mass is 79.9. The third-order valence-electron chi connectivity index (χ3n) is 5.13. The molecule has 0 spiro atoms. The zero-order valence-electron chi connectivity index (χ0n) is 18.2. The SMILES string of the molecule is CC(C)(C)OC(=O)N[C@@H]1CCN(c2c(C(=O)N3CCOCC3)cc(Br)cc2C(F)(F)F)C1. The molecule has 3 rings (SSSR count). The second kappa shape index (κ2) is 9.46. The smallest absolute Gasteiger partial charge is 0.418 e. The van der Waals surface area contributed by atoms with Crippen molar-refractivity contribution in [2.24, 2.45) is 0 Å². The van der Waals surface area contributed by atoms with Crippen molar-refractivity contribution in [1.29, 1.82) is 0 Å². The molecular weight excluding hydrogens is 495 g/mol. The van der Waals surface area contributed by atoms with Crippen LogP contribution in [0.2, 0.25) is 0 Å². The number of alkyl halides is 3. The number of alkyl carbamates (subject to hydrolysis) is 1. The van der Waals surface area contributed by atoms with Crippen LogP contribution in [0.15, 0.2) is 16.6 Å². The van der Waals surface area contributed by atoms with E-state index < -0.39 is 35.4 Å². The van der Waals surface area contributed by atoms with E-state index in [1.54, 1.807) is 20.8 Å². The minimum atomic E-state index is -4.66. The molecule has 0 aliphatic carbocycles. The third-order valence-corrected chi connectivity index (χ3v) is 5.59. The van der Waals surface area contributed by atoms with Crippen LogP contribution in [0.1, 0.15) is 43.1 Å². The molecule has 11 heteroatoms. The number of ether oxygens (including phenoxy) is 2. The fraction of sp³-hybridized carbons (Fsp3) is 0.619. The van der Waals surface area contributed by atoms with E-state index in [4.69, 9.17) is 9.47 Å². The Hall–Kier alpha value is -2.01. The molecule has 1 atom stereocenters. The number of morpholine rings is 1. The fourth-order valence-corrected chi connectivity index (χ4v) is 4.27. The van der Waals surface area contributed by atoms with Crippen molar-refractivity contribution in [1.82, 2.24) is 10.2 Å². The van der Waals surface area contributed by atoms with Crippen LogP contribution in [0.5, 0.6) is 0 Å². The van der Waals surface area contributed by atoms with Crippen molar-refractivity contribution >= 4 is 33.6 Å². The highest BCUT2D eigenvalue weighted by molar-refractivity contribution is 9.10. The summed E-state index contributed by atoms with van der Waals surface area (Å²) in [6, 6.07) is 2.01. The summed E-state index contributed by atoms with van der Waals surface area (Å²) in [5.41, 5.74) is -1.76. The molecule has 0 radical (unpaired) electrons. The molecule has 2 aliphatic rings. The van der Waals surface area contributed by atoms with Crippen LogP contribution in [0, 0.1) is 0 Å². The Morgan fingerprint density at radius 1 is 1.16 bits per heavy atom. The number of carbonyl (C=O) groups excluding carboxylic acids is 2. The summed E-state index contributed by atoms with van der Waals surface area (Å²) >= 11 is 3.13. The number of nitrogens with zero attached hydrogens (tertiary/aromatic N) is 2. The molecule has 2 heterocycles. The Labute approximate surface area is 193 Å². The number of carbonyl (C=O) groups is 2. The van der Waals surface area contributed by atoms with E-state index in [2.05, 4.69) is 21.2 Å². The lowest BCUT2D eigenvalue weighted by molar-refractivity contribution is -0.137. The highest BCUT2D eigenvalue weighted by Gasteiger charge is 2.40. The summed E-state index contributed by atoms with van der Waals surface area (Å²) in [4.78, 5) is 28.3. The van der Waals surface area contributed by atoms with Gasteiger partial charge in [-0.05, 0) is 39.3 Å². The molecule has 0 bridgehead atoms. The quantitative estimate of drug-likeness (QED) is 0.649. The molecule has 0 aromatic heterocycles. The van der Waals surface area contributed by atoms with Crippen molar-refractivity contribution in [3.63, 3.8) is 0 Å². The Balaban J connectivity index is 1.90. The molecule has 2 saturated heterocycles. The standard InChI is InChI=1S/C21H27BrF3N3O4/c1-20(2,3)32-19(30)26-14-4-5-28(12-14)17-15(18(29)27-6-8-31-9-7-27)10-13(22)11-16(17)21(23,24)25/h10-11,14H,4-9,12H2,1-3H3,(H,26,30)/t14-/m1/s1. The number of anilines is 1. The van der Waals surface area contributed by atoms with E-state index in [0.29, 0.717) is 32.7 Å². The van der Waals surface area contributed by atoms with Crippen molar-refractivity contribution < 1.29 is 32.2 Å². The summed E-state index contributed by atoms with van der Waals surface area (Å²) < 4.78 is 52.6. The van der Waals surface area contributed by atoms with Crippen LogP contribution < -0.4 is 10.2 Å². The third kappa shape index (κ3) is 6.06. The molecule has 2 amide bonds. The first-order chi connectivity index (χ1) is 14.8. The van der Waals surface area contributed by atoms with Gasteiger partial charge in [0.1, 0.15) is 5.60 Å². The van der Waals surface area contributed by atoms with Crippen LogP contribution in [0.3, 0.4) is 0 Å². The predicted molar refractivity (Wildman–Crippen MR) is 116 cm³/mol. The number of benzene rings is 1. The first-order valence-electron chi connectivity index (χ1n) is 10.4. The largest absolute Gasteiger partial charge is 0.444 e.